The first-order chi connectivity index (χ1) is 15.4. The summed E-state index contributed by atoms with van der Waals surface area (Å²) in [5.74, 6) is -0.409. The molecule has 2 aromatic rings. The highest BCUT2D eigenvalue weighted by molar-refractivity contribution is 7.12. The van der Waals surface area contributed by atoms with Crippen LogP contribution in [0, 0.1) is 6.92 Å². The maximum Gasteiger partial charge on any atom is 0.350 e. The number of hydrogen-bond donors (Lipinski definition) is 1. The third-order valence-electron chi connectivity index (χ3n) is 6.15. The van der Waals surface area contributed by atoms with Crippen molar-refractivity contribution in [2.24, 2.45) is 0 Å². The number of hydrogen-bond acceptors (Lipinski definition) is 5. The molecule has 1 N–H and O–H groups in total. The van der Waals surface area contributed by atoms with Crippen molar-refractivity contribution in [2.45, 2.75) is 45.4 Å². The normalized spacial score (nSPS) is 15.6. The highest BCUT2D eigenvalue weighted by Gasteiger charge is 2.34. The number of amides is 1. The van der Waals surface area contributed by atoms with Crippen molar-refractivity contribution < 1.29 is 23.6 Å². The molecule has 0 atom stereocenters. The molecule has 1 aromatic carbocycles. The highest BCUT2D eigenvalue weighted by Crippen LogP contribution is 2.29. The summed E-state index contributed by atoms with van der Waals surface area (Å²) in [6, 6.07) is 10.0. The zero-order chi connectivity index (χ0) is 23.0. The lowest BCUT2D eigenvalue weighted by Crippen LogP contribution is -2.55. The van der Waals surface area contributed by atoms with Crippen LogP contribution in [0.3, 0.4) is 0 Å². The van der Waals surface area contributed by atoms with Crippen LogP contribution in [0.4, 0.5) is 5.69 Å². The number of ketones is 1. The minimum atomic E-state index is -0.451. The smallest absolute Gasteiger partial charge is 0.350 e. The Balaban J connectivity index is 1.68. The van der Waals surface area contributed by atoms with Crippen LogP contribution in [-0.2, 0) is 20.7 Å². The fraction of sp³-hybridized carbons (Fsp3) is 0.480. The van der Waals surface area contributed by atoms with Crippen LogP contribution in [0.1, 0.15) is 52.9 Å². The molecule has 0 aliphatic carbocycles. The Morgan fingerprint density at radius 3 is 2.38 bits per heavy atom. The number of ether oxygens (including phenoxy) is 1. The molecule has 0 radical (unpaired) electrons. The SMILES string of the molecule is COC(=O)c1scc(C)c1NC(=O)C[N+]1(CC(=O)CCc2ccccc2)CCCCCC1. The molecule has 7 heteroatoms. The van der Waals surface area contributed by atoms with Crippen molar-refractivity contribution >= 4 is 34.7 Å². The lowest BCUT2D eigenvalue weighted by Gasteiger charge is -2.36. The summed E-state index contributed by atoms with van der Waals surface area (Å²) in [5, 5.41) is 4.78. The Bertz CT molecular complexity index is 931. The Kier molecular flexibility index (Phi) is 8.59. The van der Waals surface area contributed by atoms with E-state index in [1.807, 2.05) is 42.6 Å². The minimum absolute atomic E-state index is 0.158. The van der Waals surface area contributed by atoms with Crippen LogP contribution in [0.5, 0.6) is 0 Å². The van der Waals surface area contributed by atoms with E-state index >= 15 is 0 Å². The Hall–Kier alpha value is -2.51. The van der Waals surface area contributed by atoms with Gasteiger partial charge < -0.3 is 14.5 Å². The van der Waals surface area contributed by atoms with E-state index in [-0.39, 0.29) is 18.2 Å². The number of nitrogens with zero attached hydrogens (tertiary/aromatic N) is 1. The number of benzene rings is 1. The molecule has 0 saturated carbocycles. The molecular weight excluding hydrogens is 424 g/mol. The first kappa shape index (κ1) is 24.1. The molecule has 172 valence electrons. The van der Waals surface area contributed by atoms with Gasteiger partial charge in [0.05, 0.1) is 25.9 Å². The quantitative estimate of drug-likeness (QED) is 0.448. The van der Waals surface area contributed by atoms with Gasteiger partial charge in [0.1, 0.15) is 11.4 Å². The van der Waals surface area contributed by atoms with Crippen LogP contribution in [0.15, 0.2) is 35.7 Å². The van der Waals surface area contributed by atoms with Crippen LogP contribution in [-0.4, -0.2) is 55.4 Å². The molecule has 6 nitrogen and oxygen atoms in total. The van der Waals surface area contributed by atoms with Crippen LogP contribution in [0.2, 0.25) is 0 Å². The van der Waals surface area contributed by atoms with Gasteiger partial charge in [-0.2, -0.15) is 0 Å². The van der Waals surface area contributed by atoms with Crippen LogP contribution >= 0.6 is 11.3 Å². The van der Waals surface area contributed by atoms with Gasteiger partial charge in [0.15, 0.2) is 12.3 Å². The molecule has 1 saturated heterocycles. The largest absolute Gasteiger partial charge is 0.465 e. The molecular formula is C25H33N2O4S+. The molecule has 0 bridgehead atoms. The second-order valence-electron chi connectivity index (χ2n) is 8.71. The van der Waals surface area contributed by atoms with Crippen molar-refractivity contribution in [3.63, 3.8) is 0 Å². The maximum absolute atomic E-state index is 13.1. The second-order valence-corrected chi connectivity index (χ2v) is 9.59. The lowest BCUT2D eigenvalue weighted by molar-refractivity contribution is -0.912. The first-order valence-electron chi connectivity index (χ1n) is 11.3. The number of aryl methyl sites for hydroxylation is 2. The van der Waals surface area contributed by atoms with Crippen molar-refractivity contribution in [1.29, 1.82) is 0 Å². The predicted molar refractivity (Wildman–Crippen MR) is 127 cm³/mol. The molecule has 1 aliphatic rings. The monoisotopic (exact) mass is 457 g/mol. The second kappa shape index (κ2) is 11.4. The number of methoxy groups -OCH3 is 1. The average molecular weight is 458 g/mol. The summed E-state index contributed by atoms with van der Waals surface area (Å²) >= 11 is 1.27. The molecule has 1 amide bonds. The van der Waals surface area contributed by atoms with Gasteiger partial charge in [0.25, 0.3) is 5.91 Å². The average Bonchev–Trinajstić information content (AvgIpc) is 2.99. The highest BCUT2D eigenvalue weighted by atomic mass is 32.1. The van der Waals surface area contributed by atoms with Crippen molar-refractivity contribution in [1.82, 2.24) is 0 Å². The first-order valence-corrected chi connectivity index (χ1v) is 12.2. The fourth-order valence-electron chi connectivity index (χ4n) is 4.44. The number of rotatable bonds is 9. The van der Waals surface area contributed by atoms with Crippen LogP contribution in [0.25, 0.3) is 0 Å². The zero-order valence-electron chi connectivity index (χ0n) is 19.0. The molecule has 1 fully saturated rings. The topological polar surface area (TPSA) is 72.5 Å². The molecule has 0 unspecified atom stereocenters. The number of thiophene rings is 1. The standard InChI is InChI=1S/C25H32N2O4S/c1-19-18-32-24(25(30)31-2)23(19)26-22(29)17-27(14-8-3-4-9-15-27)16-21(28)13-12-20-10-6-5-7-11-20/h5-7,10-11,18H,3-4,8-9,12-17H2,1-2H3/p+1. The third-order valence-corrected chi connectivity index (χ3v) is 7.23. The number of esters is 1. The van der Waals surface area contributed by atoms with E-state index in [0.29, 0.717) is 28.0 Å². The number of likely N-dealkylation sites (tertiary alicyclic amines) is 1. The van der Waals surface area contributed by atoms with Gasteiger partial charge >= 0.3 is 5.97 Å². The summed E-state index contributed by atoms with van der Waals surface area (Å²) < 4.78 is 5.34. The zero-order valence-corrected chi connectivity index (χ0v) is 19.8. The number of carbonyl (C=O) groups excluding carboxylic acids is 3. The third kappa shape index (κ3) is 6.50. The van der Waals surface area contributed by atoms with Gasteiger partial charge in [-0.15, -0.1) is 11.3 Å². The summed E-state index contributed by atoms with van der Waals surface area (Å²) in [6.07, 6.45) is 5.52. The van der Waals surface area contributed by atoms with E-state index in [9.17, 15) is 14.4 Å². The molecule has 1 aromatic heterocycles. The predicted octanol–water partition coefficient (Wildman–Crippen LogP) is 4.37. The maximum atomic E-state index is 13.1. The van der Waals surface area contributed by atoms with E-state index in [1.54, 1.807) is 0 Å². The van der Waals surface area contributed by atoms with E-state index in [1.165, 1.54) is 18.4 Å². The van der Waals surface area contributed by atoms with E-state index in [4.69, 9.17) is 4.74 Å². The molecule has 2 heterocycles. The summed E-state index contributed by atoms with van der Waals surface area (Å²) in [7, 11) is 1.33. The van der Waals surface area contributed by atoms with Crippen LogP contribution < -0.4 is 5.32 Å². The summed E-state index contributed by atoms with van der Waals surface area (Å²) in [4.78, 5) is 38.5. The van der Waals surface area contributed by atoms with Gasteiger partial charge in [-0.25, -0.2) is 4.79 Å². The van der Waals surface area contributed by atoms with Crippen molar-refractivity contribution in [3.8, 4) is 0 Å². The summed E-state index contributed by atoms with van der Waals surface area (Å²) in [5.41, 5.74) is 2.52. The van der Waals surface area contributed by atoms with Gasteiger partial charge in [-0.3, -0.25) is 9.59 Å². The minimum Gasteiger partial charge on any atom is -0.465 e. The molecule has 32 heavy (non-hydrogen) atoms. The Morgan fingerprint density at radius 2 is 1.72 bits per heavy atom. The fourth-order valence-corrected chi connectivity index (χ4v) is 5.36. The molecule has 3 rings (SSSR count). The molecule has 1 aliphatic heterocycles. The Labute approximate surface area is 194 Å². The number of Topliss-reactive ketones (excluding diaryl/α,β-unsaturated/α-hetero) is 1. The van der Waals surface area contributed by atoms with Gasteiger partial charge in [-0.1, -0.05) is 30.3 Å². The van der Waals surface area contributed by atoms with E-state index < -0.39 is 5.97 Å². The van der Waals surface area contributed by atoms with Crippen molar-refractivity contribution in [3.05, 3.63) is 51.7 Å². The van der Waals surface area contributed by atoms with Crippen molar-refractivity contribution in [2.75, 3.05) is 38.6 Å². The lowest BCUT2D eigenvalue weighted by atomic mass is 10.1. The van der Waals surface area contributed by atoms with Gasteiger partial charge in [0, 0.05) is 6.42 Å². The number of quaternary nitrogens is 1. The van der Waals surface area contributed by atoms with E-state index in [2.05, 4.69) is 5.32 Å². The van der Waals surface area contributed by atoms with Gasteiger partial charge in [-0.05, 0) is 55.5 Å². The number of anilines is 1. The molecule has 0 spiro atoms. The van der Waals surface area contributed by atoms with E-state index in [0.717, 1.165) is 56.3 Å². The number of carbonyl (C=O) groups is 3. The number of nitrogens with one attached hydrogen (secondary N) is 1. The Morgan fingerprint density at radius 1 is 1.03 bits per heavy atom. The summed E-state index contributed by atoms with van der Waals surface area (Å²) in [6.45, 7) is 4.15. The van der Waals surface area contributed by atoms with Gasteiger partial charge in [0.2, 0.25) is 0 Å².